The topological polar surface area (TPSA) is 16.4 Å². The number of furan rings is 1. The number of anilines is 3. The van der Waals surface area contributed by atoms with Crippen LogP contribution in [0.5, 0.6) is 0 Å². The first kappa shape index (κ1) is 36.8. The number of hydrogen-bond donors (Lipinski definition) is 0. The van der Waals surface area contributed by atoms with Crippen molar-refractivity contribution in [3.8, 4) is 66.8 Å². The Morgan fingerprint density at radius 1 is 0.210 bits per heavy atom. The van der Waals surface area contributed by atoms with Crippen molar-refractivity contribution in [1.82, 2.24) is 0 Å². The standard InChI is InChI=1S/C60H41NO/c1-4-12-42(13-5-1)45-22-30-54(31-23-45)61(55-32-24-46(25-33-55)49-19-10-18-48(38-49)43-14-6-2-7-15-43)56-34-26-47(27-35-56)50-20-11-21-51(39-50)53-29-37-60-58(41-53)57-40-52(28-36-59(57)62-60)44-16-8-3-9-17-44/h1-41H. The van der Waals surface area contributed by atoms with Crippen molar-refractivity contribution in [3.63, 3.8) is 0 Å². The van der Waals surface area contributed by atoms with Crippen molar-refractivity contribution >= 4 is 39.0 Å². The molecular weight excluding hydrogens is 751 g/mol. The number of benzene rings is 10. The normalized spacial score (nSPS) is 11.2. The minimum Gasteiger partial charge on any atom is -0.456 e. The SMILES string of the molecule is c1ccc(-c2ccc(N(c3ccc(-c4cccc(-c5ccccc5)c4)cc3)c3ccc(-c4cccc(-c5ccc6oc7ccc(-c8ccccc8)cc7c6c5)c4)cc3)cc2)cc1. The number of rotatable bonds is 9. The molecule has 0 aliphatic rings. The van der Waals surface area contributed by atoms with Gasteiger partial charge in [-0.25, -0.2) is 0 Å². The van der Waals surface area contributed by atoms with Gasteiger partial charge >= 0.3 is 0 Å². The maximum atomic E-state index is 6.29. The number of fused-ring (bicyclic) bond motifs is 3. The zero-order chi connectivity index (χ0) is 41.2. The fourth-order valence-electron chi connectivity index (χ4n) is 8.64. The highest BCUT2D eigenvalue weighted by atomic mass is 16.3. The Morgan fingerprint density at radius 2 is 0.468 bits per heavy atom. The van der Waals surface area contributed by atoms with Crippen LogP contribution in [0.3, 0.4) is 0 Å². The van der Waals surface area contributed by atoms with Crippen molar-refractivity contribution in [3.05, 3.63) is 249 Å². The van der Waals surface area contributed by atoms with Gasteiger partial charge in [0.15, 0.2) is 0 Å². The molecule has 1 aromatic heterocycles. The minimum absolute atomic E-state index is 0.895. The summed E-state index contributed by atoms with van der Waals surface area (Å²) in [5.74, 6) is 0. The molecule has 0 bridgehead atoms. The Labute approximate surface area is 362 Å². The molecule has 0 unspecified atom stereocenters. The Morgan fingerprint density at radius 3 is 0.855 bits per heavy atom. The highest BCUT2D eigenvalue weighted by molar-refractivity contribution is 6.07. The van der Waals surface area contributed by atoms with Gasteiger partial charge in [-0.3, -0.25) is 0 Å². The van der Waals surface area contributed by atoms with E-state index >= 15 is 0 Å². The van der Waals surface area contributed by atoms with Crippen LogP contribution in [0.25, 0.3) is 88.7 Å². The van der Waals surface area contributed by atoms with E-state index in [0.29, 0.717) is 0 Å². The molecule has 0 saturated carbocycles. The molecule has 0 atom stereocenters. The van der Waals surface area contributed by atoms with E-state index in [2.05, 4.69) is 254 Å². The fraction of sp³-hybridized carbons (Fsp3) is 0. The van der Waals surface area contributed by atoms with Gasteiger partial charge in [-0.05, 0) is 140 Å². The van der Waals surface area contributed by atoms with Gasteiger partial charge in [0.25, 0.3) is 0 Å². The first-order valence-corrected chi connectivity index (χ1v) is 21.1. The van der Waals surface area contributed by atoms with E-state index in [4.69, 9.17) is 4.42 Å². The van der Waals surface area contributed by atoms with E-state index in [1.807, 2.05) is 0 Å². The minimum atomic E-state index is 0.895. The van der Waals surface area contributed by atoms with Crippen LogP contribution in [-0.2, 0) is 0 Å². The molecule has 0 aliphatic heterocycles. The van der Waals surface area contributed by atoms with Crippen LogP contribution in [-0.4, -0.2) is 0 Å². The number of hydrogen-bond acceptors (Lipinski definition) is 2. The first-order valence-electron chi connectivity index (χ1n) is 21.1. The molecule has 2 nitrogen and oxygen atoms in total. The van der Waals surface area contributed by atoms with Crippen LogP contribution < -0.4 is 4.90 Å². The van der Waals surface area contributed by atoms with Crippen molar-refractivity contribution < 1.29 is 4.42 Å². The quantitative estimate of drug-likeness (QED) is 0.145. The van der Waals surface area contributed by atoms with Gasteiger partial charge in [0.1, 0.15) is 11.2 Å². The molecule has 0 fully saturated rings. The Balaban J connectivity index is 0.916. The Bertz CT molecular complexity index is 3300. The van der Waals surface area contributed by atoms with Gasteiger partial charge in [0, 0.05) is 27.8 Å². The maximum absolute atomic E-state index is 6.29. The predicted molar refractivity (Wildman–Crippen MR) is 261 cm³/mol. The van der Waals surface area contributed by atoms with Gasteiger partial charge in [-0.2, -0.15) is 0 Å². The summed E-state index contributed by atoms with van der Waals surface area (Å²) in [6.45, 7) is 0. The summed E-state index contributed by atoms with van der Waals surface area (Å²) in [6, 6.07) is 89.0. The third-order valence-electron chi connectivity index (χ3n) is 11.9. The summed E-state index contributed by atoms with van der Waals surface area (Å²) in [6.07, 6.45) is 0. The lowest BCUT2D eigenvalue weighted by Crippen LogP contribution is -2.09. The lowest BCUT2D eigenvalue weighted by atomic mass is 9.97. The third-order valence-corrected chi connectivity index (χ3v) is 11.9. The van der Waals surface area contributed by atoms with Crippen molar-refractivity contribution in [1.29, 1.82) is 0 Å². The molecule has 62 heavy (non-hydrogen) atoms. The summed E-state index contributed by atoms with van der Waals surface area (Å²) in [5.41, 5.74) is 19.3. The summed E-state index contributed by atoms with van der Waals surface area (Å²) < 4.78 is 6.29. The van der Waals surface area contributed by atoms with E-state index in [9.17, 15) is 0 Å². The molecular formula is C60H41NO. The van der Waals surface area contributed by atoms with Gasteiger partial charge in [-0.1, -0.05) is 176 Å². The van der Waals surface area contributed by atoms with Gasteiger partial charge in [-0.15, -0.1) is 0 Å². The van der Waals surface area contributed by atoms with Gasteiger partial charge in [0.05, 0.1) is 0 Å². The lowest BCUT2D eigenvalue weighted by Gasteiger charge is -2.26. The summed E-state index contributed by atoms with van der Waals surface area (Å²) in [7, 11) is 0. The molecule has 11 rings (SSSR count). The highest BCUT2D eigenvalue weighted by Crippen LogP contribution is 2.40. The summed E-state index contributed by atoms with van der Waals surface area (Å²) >= 11 is 0. The van der Waals surface area contributed by atoms with Crippen LogP contribution in [0, 0.1) is 0 Å². The van der Waals surface area contributed by atoms with Crippen LogP contribution >= 0.6 is 0 Å². The molecule has 2 heteroatoms. The van der Waals surface area contributed by atoms with E-state index in [1.54, 1.807) is 0 Å². The maximum Gasteiger partial charge on any atom is 0.135 e. The van der Waals surface area contributed by atoms with Crippen LogP contribution in [0.4, 0.5) is 17.1 Å². The largest absolute Gasteiger partial charge is 0.456 e. The van der Waals surface area contributed by atoms with Crippen molar-refractivity contribution in [2.45, 2.75) is 0 Å². The van der Waals surface area contributed by atoms with Crippen LogP contribution in [0.2, 0.25) is 0 Å². The molecule has 0 saturated heterocycles. The predicted octanol–water partition coefficient (Wildman–Crippen LogP) is 17.1. The van der Waals surface area contributed by atoms with E-state index in [-0.39, 0.29) is 0 Å². The molecule has 0 spiro atoms. The van der Waals surface area contributed by atoms with E-state index < -0.39 is 0 Å². The molecule has 292 valence electrons. The Kier molecular flexibility index (Phi) is 9.57. The molecule has 11 aromatic rings. The van der Waals surface area contributed by atoms with Gasteiger partial charge in [0.2, 0.25) is 0 Å². The smallest absolute Gasteiger partial charge is 0.135 e. The van der Waals surface area contributed by atoms with E-state index in [0.717, 1.165) is 55.7 Å². The lowest BCUT2D eigenvalue weighted by molar-refractivity contribution is 0.669. The average Bonchev–Trinajstić information content (AvgIpc) is 3.73. The first-order chi connectivity index (χ1) is 30.7. The second-order valence-corrected chi connectivity index (χ2v) is 15.8. The van der Waals surface area contributed by atoms with Crippen molar-refractivity contribution in [2.75, 3.05) is 4.90 Å². The summed E-state index contributed by atoms with van der Waals surface area (Å²) in [4.78, 5) is 2.34. The molecule has 10 aromatic carbocycles. The third kappa shape index (κ3) is 7.25. The second kappa shape index (κ2) is 16.1. The molecule has 0 amide bonds. The molecule has 0 radical (unpaired) electrons. The molecule has 0 aliphatic carbocycles. The molecule has 1 heterocycles. The number of nitrogens with zero attached hydrogens (tertiary/aromatic N) is 1. The van der Waals surface area contributed by atoms with Crippen molar-refractivity contribution in [2.24, 2.45) is 0 Å². The average molecular weight is 792 g/mol. The highest BCUT2D eigenvalue weighted by Gasteiger charge is 2.15. The zero-order valence-corrected chi connectivity index (χ0v) is 34.0. The second-order valence-electron chi connectivity index (χ2n) is 15.8. The van der Waals surface area contributed by atoms with E-state index in [1.165, 1.54) is 50.1 Å². The van der Waals surface area contributed by atoms with Gasteiger partial charge < -0.3 is 9.32 Å². The van der Waals surface area contributed by atoms with Crippen LogP contribution in [0.15, 0.2) is 253 Å². The zero-order valence-electron chi connectivity index (χ0n) is 34.0. The Hall–Kier alpha value is -8.20. The fourth-order valence-corrected chi connectivity index (χ4v) is 8.64. The molecule has 0 N–H and O–H groups in total. The van der Waals surface area contributed by atoms with Crippen LogP contribution in [0.1, 0.15) is 0 Å². The summed E-state index contributed by atoms with van der Waals surface area (Å²) in [5, 5.41) is 2.25. The monoisotopic (exact) mass is 791 g/mol.